The van der Waals surface area contributed by atoms with Crippen LogP contribution in [0, 0.1) is 5.92 Å². The molecule has 0 aliphatic carbocycles. The van der Waals surface area contributed by atoms with Gasteiger partial charge in [-0.1, -0.05) is 52.4 Å². The highest BCUT2D eigenvalue weighted by atomic mass is 16.4. The van der Waals surface area contributed by atoms with Crippen LogP contribution in [0.5, 0.6) is 0 Å². The zero-order valence-electron chi connectivity index (χ0n) is 10.7. The molecule has 16 heavy (non-hydrogen) atoms. The van der Waals surface area contributed by atoms with Crippen LogP contribution in [0.25, 0.3) is 0 Å². The normalized spacial score (nSPS) is 15.4. The van der Waals surface area contributed by atoms with Crippen molar-refractivity contribution >= 4 is 0 Å². The standard InChI is InChI=1S/C13H28O3/c1-11(2)8-6-4-3-5-7-9-12(15)13(16)10-14/h11-16H,3-10H2,1-2H3. The van der Waals surface area contributed by atoms with Crippen molar-refractivity contribution in [2.75, 3.05) is 6.61 Å². The van der Waals surface area contributed by atoms with Crippen molar-refractivity contribution in [2.45, 2.75) is 71.0 Å². The number of hydrogen-bond acceptors (Lipinski definition) is 3. The predicted molar refractivity (Wildman–Crippen MR) is 66.3 cm³/mol. The minimum Gasteiger partial charge on any atom is -0.394 e. The summed E-state index contributed by atoms with van der Waals surface area (Å²) in [5.74, 6) is 0.793. The Morgan fingerprint density at radius 3 is 1.75 bits per heavy atom. The third kappa shape index (κ3) is 9.13. The second kappa shape index (κ2) is 10.1. The van der Waals surface area contributed by atoms with Gasteiger partial charge in [0, 0.05) is 0 Å². The minimum absolute atomic E-state index is 0.352. The van der Waals surface area contributed by atoms with Crippen LogP contribution in [0.2, 0.25) is 0 Å². The molecule has 0 bridgehead atoms. The van der Waals surface area contributed by atoms with E-state index in [-0.39, 0.29) is 6.61 Å². The molecule has 0 fully saturated rings. The minimum atomic E-state index is -0.971. The Morgan fingerprint density at radius 2 is 1.25 bits per heavy atom. The first-order chi connectivity index (χ1) is 7.57. The Labute approximate surface area is 99.5 Å². The molecule has 0 radical (unpaired) electrons. The van der Waals surface area contributed by atoms with Crippen molar-refractivity contribution in [1.29, 1.82) is 0 Å². The van der Waals surface area contributed by atoms with E-state index < -0.39 is 12.2 Å². The maximum absolute atomic E-state index is 9.38. The molecule has 2 unspecified atom stereocenters. The first-order valence-electron chi connectivity index (χ1n) is 6.55. The lowest BCUT2D eigenvalue weighted by atomic mass is 10.0. The Bertz CT molecular complexity index is 148. The second-order valence-electron chi connectivity index (χ2n) is 5.06. The van der Waals surface area contributed by atoms with Crippen LogP contribution in [-0.4, -0.2) is 34.1 Å². The van der Waals surface area contributed by atoms with Crippen LogP contribution in [0.3, 0.4) is 0 Å². The van der Waals surface area contributed by atoms with Crippen LogP contribution < -0.4 is 0 Å². The molecule has 0 saturated carbocycles. The van der Waals surface area contributed by atoms with Gasteiger partial charge >= 0.3 is 0 Å². The molecular weight excluding hydrogens is 204 g/mol. The summed E-state index contributed by atoms with van der Waals surface area (Å²) in [7, 11) is 0. The highest BCUT2D eigenvalue weighted by Gasteiger charge is 2.13. The molecule has 3 nitrogen and oxygen atoms in total. The third-order valence-corrected chi connectivity index (χ3v) is 2.91. The lowest BCUT2D eigenvalue weighted by Gasteiger charge is -2.14. The van der Waals surface area contributed by atoms with Gasteiger partial charge in [-0.3, -0.25) is 0 Å². The second-order valence-corrected chi connectivity index (χ2v) is 5.06. The van der Waals surface area contributed by atoms with Gasteiger partial charge in [0.05, 0.1) is 12.7 Å². The molecule has 0 rings (SSSR count). The lowest BCUT2D eigenvalue weighted by Crippen LogP contribution is -2.28. The Kier molecular flexibility index (Phi) is 9.99. The average molecular weight is 232 g/mol. The van der Waals surface area contributed by atoms with E-state index in [4.69, 9.17) is 10.2 Å². The van der Waals surface area contributed by atoms with Gasteiger partial charge in [-0.05, 0) is 12.3 Å². The summed E-state index contributed by atoms with van der Waals surface area (Å²) >= 11 is 0. The molecule has 0 amide bonds. The fourth-order valence-corrected chi connectivity index (χ4v) is 1.75. The fourth-order valence-electron chi connectivity index (χ4n) is 1.75. The molecule has 3 N–H and O–H groups in total. The predicted octanol–water partition coefficient (Wildman–Crippen LogP) is 2.09. The molecule has 0 aromatic rings. The van der Waals surface area contributed by atoms with Crippen molar-refractivity contribution in [1.82, 2.24) is 0 Å². The zero-order valence-corrected chi connectivity index (χ0v) is 10.7. The van der Waals surface area contributed by atoms with Crippen LogP contribution in [0.4, 0.5) is 0 Å². The van der Waals surface area contributed by atoms with Crippen LogP contribution in [0.1, 0.15) is 58.8 Å². The topological polar surface area (TPSA) is 60.7 Å². The number of hydrogen-bond donors (Lipinski definition) is 3. The number of unbranched alkanes of at least 4 members (excludes halogenated alkanes) is 4. The van der Waals surface area contributed by atoms with E-state index >= 15 is 0 Å². The SMILES string of the molecule is CC(C)CCCCCCCC(O)C(O)CO. The van der Waals surface area contributed by atoms with Crippen LogP contribution in [0.15, 0.2) is 0 Å². The zero-order chi connectivity index (χ0) is 12.4. The van der Waals surface area contributed by atoms with E-state index in [2.05, 4.69) is 13.8 Å². The number of rotatable bonds is 10. The molecule has 2 atom stereocenters. The van der Waals surface area contributed by atoms with Crippen molar-refractivity contribution in [2.24, 2.45) is 5.92 Å². The van der Waals surface area contributed by atoms with E-state index in [9.17, 15) is 5.11 Å². The maximum Gasteiger partial charge on any atom is 0.103 e. The maximum atomic E-state index is 9.38. The van der Waals surface area contributed by atoms with Crippen molar-refractivity contribution < 1.29 is 15.3 Å². The van der Waals surface area contributed by atoms with E-state index in [0.717, 1.165) is 18.8 Å². The summed E-state index contributed by atoms with van der Waals surface area (Å²) < 4.78 is 0. The van der Waals surface area contributed by atoms with E-state index in [1.54, 1.807) is 0 Å². The van der Waals surface area contributed by atoms with Gasteiger partial charge in [-0.15, -0.1) is 0 Å². The van der Waals surface area contributed by atoms with Gasteiger partial charge in [-0.25, -0.2) is 0 Å². The van der Waals surface area contributed by atoms with Gasteiger partial charge in [0.15, 0.2) is 0 Å². The van der Waals surface area contributed by atoms with Crippen molar-refractivity contribution in [3.63, 3.8) is 0 Å². The van der Waals surface area contributed by atoms with Crippen LogP contribution in [-0.2, 0) is 0 Å². The van der Waals surface area contributed by atoms with Gasteiger partial charge < -0.3 is 15.3 Å². The summed E-state index contributed by atoms with van der Waals surface area (Å²) in [5, 5.41) is 27.1. The van der Waals surface area contributed by atoms with Gasteiger partial charge in [-0.2, -0.15) is 0 Å². The van der Waals surface area contributed by atoms with Crippen LogP contribution >= 0.6 is 0 Å². The average Bonchev–Trinajstić information content (AvgIpc) is 2.25. The summed E-state index contributed by atoms with van der Waals surface area (Å²) in [6, 6.07) is 0. The quantitative estimate of drug-likeness (QED) is 0.505. The molecule has 0 aromatic heterocycles. The number of aliphatic hydroxyl groups excluding tert-OH is 3. The molecule has 0 spiro atoms. The molecule has 3 heteroatoms. The summed E-state index contributed by atoms with van der Waals surface area (Å²) in [6.45, 7) is 4.13. The van der Waals surface area contributed by atoms with Crippen molar-refractivity contribution in [3.8, 4) is 0 Å². The summed E-state index contributed by atoms with van der Waals surface area (Å²) in [5.41, 5.74) is 0. The highest BCUT2D eigenvalue weighted by Crippen LogP contribution is 2.12. The first-order valence-corrected chi connectivity index (χ1v) is 6.55. The molecular formula is C13H28O3. The first kappa shape index (κ1) is 15.9. The van der Waals surface area contributed by atoms with Gasteiger partial charge in [0.1, 0.15) is 6.10 Å². The smallest absolute Gasteiger partial charge is 0.103 e. The summed E-state index contributed by atoms with van der Waals surface area (Å²) in [6.07, 6.45) is 5.94. The molecule has 0 aromatic carbocycles. The van der Waals surface area contributed by atoms with E-state index in [1.165, 1.54) is 25.7 Å². The van der Waals surface area contributed by atoms with E-state index in [1.807, 2.05) is 0 Å². The fraction of sp³-hybridized carbons (Fsp3) is 1.00. The molecule has 0 saturated heterocycles. The summed E-state index contributed by atoms with van der Waals surface area (Å²) in [4.78, 5) is 0. The van der Waals surface area contributed by atoms with E-state index in [0.29, 0.717) is 6.42 Å². The molecule has 0 aliphatic heterocycles. The Balaban J connectivity index is 3.20. The largest absolute Gasteiger partial charge is 0.394 e. The van der Waals surface area contributed by atoms with Gasteiger partial charge in [0.25, 0.3) is 0 Å². The Hall–Kier alpha value is -0.120. The molecule has 98 valence electrons. The van der Waals surface area contributed by atoms with Crippen molar-refractivity contribution in [3.05, 3.63) is 0 Å². The monoisotopic (exact) mass is 232 g/mol. The third-order valence-electron chi connectivity index (χ3n) is 2.91. The number of aliphatic hydroxyl groups is 3. The highest BCUT2D eigenvalue weighted by molar-refractivity contribution is 4.65. The molecule has 0 aliphatic rings. The Morgan fingerprint density at radius 1 is 0.750 bits per heavy atom. The lowest BCUT2D eigenvalue weighted by molar-refractivity contribution is -0.0185. The van der Waals surface area contributed by atoms with Gasteiger partial charge in [0.2, 0.25) is 0 Å². The molecule has 0 heterocycles.